The van der Waals surface area contributed by atoms with Crippen molar-refractivity contribution in [2.45, 2.75) is 0 Å². The van der Waals surface area contributed by atoms with Crippen LogP contribution < -0.4 is 0 Å². The third kappa shape index (κ3) is 2.24. The van der Waals surface area contributed by atoms with Crippen molar-refractivity contribution in [2.24, 2.45) is 4.99 Å². The van der Waals surface area contributed by atoms with Gasteiger partial charge < -0.3 is 0 Å². The Balaban J connectivity index is 3.14. The number of isothiocyanates is 1. The normalized spacial score (nSPS) is 8.91. The number of halogens is 2. The third-order valence-electron chi connectivity index (χ3n) is 0.949. The topological polar surface area (TPSA) is 25.2 Å². The van der Waals surface area contributed by atoms with Crippen LogP contribution >= 0.6 is 35.4 Å². The molecule has 0 amide bonds. The van der Waals surface area contributed by atoms with Crippen molar-refractivity contribution in [2.75, 3.05) is 0 Å². The largest absolute Gasteiger partial charge is 0.215 e. The Hall–Kier alpha value is -0.470. The molecule has 0 fully saturated rings. The zero-order valence-corrected chi connectivity index (χ0v) is 7.54. The molecule has 11 heavy (non-hydrogen) atoms. The van der Waals surface area contributed by atoms with Crippen LogP contribution in [0.15, 0.2) is 17.1 Å². The van der Waals surface area contributed by atoms with Crippen LogP contribution in [-0.2, 0) is 0 Å². The van der Waals surface area contributed by atoms with Gasteiger partial charge in [0.05, 0.1) is 10.2 Å². The van der Waals surface area contributed by atoms with Crippen LogP contribution in [0.5, 0.6) is 0 Å². The fraction of sp³-hybridized carbons (Fsp3) is 0. The fourth-order valence-corrected chi connectivity index (χ4v) is 0.865. The molecular weight excluding hydrogens is 203 g/mol. The quantitative estimate of drug-likeness (QED) is 0.399. The van der Waals surface area contributed by atoms with Crippen LogP contribution in [0.3, 0.4) is 0 Å². The number of thiocarbonyl (C=S) groups is 1. The summed E-state index contributed by atoms with van der Waals surface area (Å²) in [5.41, 5.74) is 0. The number of pyridine rings is 1. The minimum Gasteiger partial charge on any atom is -0.215 e. The molecule has 5 heteroatoms. The molecule has 1 aromatic rings. The van der Waals surface area contributed by atoms with E-state index in [1.807, 2.05) is 0 Å². The molecule has 0 aliphatic carbocycles. The molecule has 0 saturated carbocycles. The van der Waals surface area contributed by atoms with Crippen LogP contribution in [0.2, 0.25) is 10.2 Å². The standard InChI is InChI=1S/C6H2Cl2N2S/c7-4-1-2-5(9-3-11)10-6(4)8/h1-2H. The second-order valence-electron chi connectivity index (χ2n) is 1.65. The summed E-state index contributed by atoms with van der Waals surface area (Å²) >= 11 is 15.6. The molecule has 0 aliphatic rings. The van der Waals surface area contributed by atoms with Crippen molar-refractivity contribution in [3.8, 4) is 0 Å². The zero-order valence-electron chi connectivity index (χ0n) is 5.21. The third-order valence-corrected chi connectivity index (χ3v) is 1.73. The number of aliphatic imine (C=N–C) groups is 1. The van der Waals surface area contributed by atoms with Crippen LogP contribution in [0.4, 0.5) is 5.82 Å². The van der Waals surface area contributed by atoms with Crippen LogP contribution in [0.25, 0.3) is 0 Å². The second kappa shape index (κ2) is 3.79. The Morgan fingerprint density at radius 1 is 1.45 bits per heavy atom. The van der Waals surface area contributed by atoms with Crippen LogP contribution in [0.1, 0.15) is 0 Å². The van der Waals surface area contributed by atoms with Gasteiger partial charge in [-0.15, -0.1) is 0 Å². The molecule has 0 unspecified atom stereocenters. The van der Waals surface area contributed by atoms with E-state index in [9.17, 15) is 0 Å². The first-order chi connectivity index (χ1) is 5.24. The van der Waals surface area contributed by atoms with Crippen LogP contribution in [0, 0.1) is 0 Å². The summed E-state index contributed by atoms with van der Waals surface area (Å²) in [6.07, 6.45) is 0. The van der Waals surface area contributed by atoms with Crippen molar-refractivity contribution >= 4 is 46.4 Å². The van der Waals surface area contributed by atoms with E-state index in [1.165, 1.54) is 0 Å². The van der Waals surface area contributed by atoms with Crippen LogP contribution in [-0.4, -0.2) is 10.1 Å². The molecule has 0 aromatic carbocycles. The minimum atomic E-state index is 0.221. The molecule has 56 valence electrons. The first kappa shape index (κ1) is 8.62. The monoisotopic (exact) mass is 204 g/mol. The van der Waals surface area contributed by atoms with Gasteiger partial charge in [0.2, 0.25) is 0 Å². The fourth-order valence-electron chi connectivity index (χ4n) is 0.517. The summed E-state index contributed by atoms with van der Waals surface area (Å²) in [4.78, 5) is 7.42. The van der Waals surface area contributed by atoms with Gasteiger partial charge in [-0.1, -0.05) is 23.2 Å². The Labute approximate surface area is 78.9 Å². The lowest BCUT2D eigenvalue weighted by Crippen LogP contribution is -1.75. The summed E-state index contributed by atoms with van der Waals surface area (Å²) in [6, 6.07) is 3.20. The molecule has 0 radical (unpaired) electrons. The van der Waals surface area contributed by atoms with Gasteiger partial charge in [-0.25, -0.2) is 4.98 Å². The lowest BCUT2D eigenvalue weighted by Gasteiger charge is -1.93. The average molecular weight is 205 g/mol. The van der Waals surface area contributed by atoms with Crippen molar-refractivity contribution in [1.29, 1.82) is 0 Å². The number of hydrogen-bond acceptors (Lipinski definition) is 3. The lowest BCUT2D eigenvalue weighted by molar-refractivity contribution is 1.28. The molecule has 0 saturated heterocycles. The molecular formula is C6H2Cl2N2S. The first-order valence-electron chi connectivity index (χ1n) is 2.64. The maximum absolute atomic E-state index is 5.60. The molecule has 0 spiro atoms. The second-order valence-corrected chi connectivity index (χ2v) is 2.59. The highest BCUT2D eigenvalue weighted by atomic mass is 35.5. The summed E-state index contributed by atoms with van der Waals surface area (Å²) in [6.45, 7) is 0. The molecule has 1 heterocycles. The van der Waals surface area contributed by atoms with E-state index in [4.69, 9.17) is 23.2 Å². The van der Waals surface area contributed by atoms with Crippen molar-refractivity contribution in [3.05, 3.63) is 22.3 Å². The molecule has 0 atom stereocenters. The van der Waals surface area contributed by atoms with E-state index in [0.29, 0.717) is 10.8 Å². The van der Waals surface area contributed by atoms with Gasteiger partial charge in [0, 0.05) is 0 Å². The van der Waals surface area contributed by atoms with Gasteiger partial charge >= 0.3 is 0 Å². The molecule has 0 bridgehead atoms. The predicted molar refractivity (Wildman–Crippen MR) is 48.9 cm³/mol. The summed E-state index contributed by atoms with van der Waals surface area (Å²) < 4.78 is 0. The van der Waals surface area contributed by atoms with E-state index < -0.39 is 0 Å². The van der Waals surface area contributed by atoms with Gasteiger partial charge in [0.1, 0.15) is 5.15 Å². The van der Waals surface area contributed by atoms with E-state index >= 15 is 0 Å². The number of rotatable bonds is 1. The van der Waals surface area contributed by atoms with E-state index in [2.05, 4.69) is 27.4 Å². The van der Waals surface area contributed by atoms with E-state index in [0.717, 1.165) is 0 Å². The van der Waals surface area contributed by atoms with Gasteiger partial charge in [-0.05, 0) is 24.4 Å². The Kier molecular flexibility index (Phi) is 2.97. The van der Waals surface area contributed by atoms with Crippen molar-refractivity contribution in [1.82, 2.24) is 4.98 Å². The highest BCUT2D eigenvalue weighted by molar-refractivity contribution is 7.78. The Bertz CT molecular complexity index is 320. The Morgan fingerprint density at radius 3 is 2.73 bits per heavy atom. The van der Waals surface area contributed by atoms with Gasteiger partial charge in [0.15, 0.2) is 5.82 Å². The maximum Gasteiger partial charge on any atom is 0.164 e. The highest BCUT2D eigenvalue weighted by Crippen LogP contribution is 2.21. The number of hydrogen-bond donors (Lipinski definition) is 0. The van der Waals surface area contributed by atoms with E-state index in [-0.39, 0.29) is 5.15 Å². The smallest absolute Gasteiger partial charge is 0.164 e. The highest BCUT2D eigenvalue weighted by Gasteiger charge is 1.98. The van der Waals surface area contributed by atoms with Crippen molar-refractivity contribution < 1.29 is 0 Å². The molecule has 2 nitrogen and oxygen atoms in total. The summed E-state index contributed by atoms with van der Waals surface area (Å²) in [7, 11) is 0. The molecule has 0 aliphatic heterocycles. The Morgan fingerprint density at radius 2 is 2.18 bits per heavy atom. The average Bonchev–Trinajstić information content (AvgIpc) is 1.98. The maximum atomic E-state index is 5.60. The van der Waals surface area contributed by atoms with Crippen molar-refractivity contribution in [3.63, 3.8) is 0 Å². The number of aromatic nitrogens is 1. The minimum absolute atomic E-state index is 0.221. The molecule has 1 rings (SSSR count). The zero-order chi connectivity index (χ0) is 8.27. The van der Waals surface area contributed by atoms with Gasteiger partial charge in [-0.3, -0.25) is 0 Å². The number of nitrogens with zero attached hydrogens (tertiary/aromatic N) is 2. The van der Waals surface area contributed by atoms with E-state index in [1.54, 1.807) is 12.1 Å². The SMILES string of the molecule is S=C=Nc1ccc(Cl)c(Cl)n1. The lowest BCUT2D eigenvalue weighted by atomic mass is 10.5. The van der Waals surface area contributed by atoms with Gasteiger partial charge in [0.25, 0.3) is 0 Å². The first-order valence-corrected chi connectivity index (χ1v) is 3.80. The predicted octanol–water partition coefficient (Wildman–Crippen LogP) is 3.12. The summed E-state index contributed by atoms with van der Waals surface area (Å²) in [5, 5.41) is 2.79. The molecule has 1 aromatic heterocycles. The van der Waals surface area contributed by atoms with Gasteiger partial charge in [-0.2, -0.15) is 4.99 Å². The summed E-state index contributed by atoms with van der Waals surface area (Å²) in [5.74, 6) is 0.411. The molecule has 0 N–H and O–H groups in total.